The molecule has 0 unspecified atom stereocenters. The van der Waals surface area contributed by atoms with Crippen LogP contribution in [-0.4, -0.2) is 31.0 Å². The van der Waals surface area contributed by atoms with E-state index in [-0.39, 0.29) is 23.0 Å². The van der Waals surface area contributed by atoms with E-state index in [2.05, 4.69) is 4.98 Å². The first-order chi connectivity index (χ1) is 10.3. The zero-order valence-corrected chi connectivity index (χ0v) is 14.0. The number of hydrogen-bond donors (Lipinski definition) is 1. The lowest BCUT2D eigenvalue weighted by Crippen LogP contribution is -2.30. The van der Waals surface area contributed by atoms with Gasteiger partial charge in [0.2, 0.25) is 0 Å². The second kappa shape index (κ2) is 6.64. The number of benzene rings is 1. The molecule has 0 aliphatic carbocycles. The summed E-state index contributed by atoms with van der Waals surface area (Å²) in [5, 5.41) is 11.0. The number of hydrogen-bond acceptors (Lipinski definition) is 5. The summed E-state index contributed by atoms with van der Waals surface area (Å²) in [7, 11) is -3.76. The molecule has 0 bridgehead atoms. The van der Waals surface area contributed by atoms with Crippen LogP contribution in [0.4, 0.5) is 5.13 Å². The summed E-state index contributed by atoms with van der Waals surface area (Å²) in [4.78, 5) is 14.9. The number of carbonyl (C=O) groups is 1. The summed E-state index contributed by atoms with van der Waals surface area (Å²) in [6, 6.07) is 5.85. The third-order valence-electron chi connectivity index (χ3n) is 2.77. The highest BCUT2D eigenvalue weighted by Crippen LogP contribution is 2.27. The van der Waals surface area contributed by atoms with E-state index in [0.29, 0.717) is 10.7 Å². The summed E-state index contributed by atoms with van der Waals surface area (Å²) in [6.07, 6.45) is -0.241. The molecule has 2 aromatic rings. The molecule has 9 heteroatoms. The van der Waals surface area contributed by atoms with E-state index >= 15 is 0 Å². The Morgan fingerprint density at radius 3 is 2.55 bits per heavy atom. The van der Waals surface area contributed by atoms with E-state index in [4.69, 9.17) is 16.7 Å². The largest absolute Gasteiger partial charge is 0.481 e. The van der Waals surface area contributed by atoms with Gasteiger partial charge >= 0.3 is 5.97 Å². The molecule has 6 nitrogen and oxygen atoms in total. The Balaban J connectivity index is 2.36. The Morgan fingerprint density at radius 1 is 1.36 bits per heavy atom. The van der Waals surface area contributed by atoms with Gasteiger partial charge < -0.3 is 5.11 Å². The molecule has 22 heavy (non-hydrogen) atoms. The highest BCUT2D eigenvalue weighted by atomic mass is 35.5. The van der Waals surface area contributed by atoms with Crippen molar-refractivity contribution in [2.24, 2.45) is 0 Å². The van der Waals surface area contributed by atoms with Gasteiger partial charge in [0, 0.05) is 16.9 Å². The van der Waals surface area contributed by atoms with Crippen LogP contribution < -0.4 is 4.31 Å². The Kier molecular flexibility index (Phi) is 5.05. The number of carboxylic acid groups (broad SMARTS) is 1. The molecule has 2 rings (SSSR count). The number of aromatic nitrogens is 1. The van der Waals surface area contributed by atoms with Crippen LogP contribution >= 0.6 is 22.9 Å². The first-order valence-corrected chi connectivity index (χ1v) is 8.99. The Labute approximate surface area is 137 Å². The molecular weight excluding hydrogens is 348 g/mol. The van der Waals surface area contributed by atoms with E-state index in [1.54, 1.807) is 12.3 Å². The van der Waals surface area contributed by atoms with E-state index < -0.39 is 16.0 Å². The number of halogens is 1. The highest BCUT2D eigenvalue weighted by Gasteiger charge is 2.26. The van der Waals surface area contributed by atoms with Gasteiger partial charge in [0.15, 0.2) is 5.13 Å². The number of aliphatic carboxylic acids is 1. The predicted molar refractivity (Wildman–Crippen MR) is 85.1 cm³/mol. The van der Waals surface area contributed by atoms with Crippen LogP contribution in [0.1, 0.15) is 12.6 Å². The van der Waals surface area contributed by atoms with Gasteiger partial charge in [0.25, 0.3) is 10.0 Å². The number of sulfonamides is 1. The molecule has 0 saturated carbocycles. The summed E-state index contributed by atoms with van der Waals surface area (Å²) >= 11 is 6.86. The lowest BCUT2D eigenvalue weighted by molar-refractivity contribution is -0.136. The zero-order chi connectivity index (χ0) is 16.3. The molecule has 0 radical (unpaired) electrons. The number of carboxylic acids is 1. The Morgan fingerprint density at radius 2 is 2.00 bits per heavy atom. The molecule has 0 aliphatic rings. The normalized spacial score (nSPS) is 11.4. The van der Waals surface area contributed by atoms with Crippen molar-refractivity contribution in [1.82, 2.24) is 4.98 Å². The van der Waals surface area contributed by atoms with Crippen molar-refractivity contribution in [3.8, 4) is 0 Å². The molecule has 0 aliphatic heterocycles. The van der Waals surface area contributed by atoms with Crippen LogP contribution in [-0.2, 0) is 21.2 Å². The molecule has 118 valence electrons. The van der Waals surface area contributed by atoms with Crippen molar-refractivity contribution in [2.45, 2.75) is 18.2 Å². The quantitative estimate of drug-likeness (QED) is 0.855. The molecule has 0 amide bonds. The fourth-order valence-corrected chi connectivity index (χ4v) is 4.45. The number of anilines is 1. The fourth-order valence-electron chi connectivity index (χ4n) is 1.79. The third-order valence-corrected chi connectivity index (χ3v) is 5.93. The summed E-state index contributed by atoms with van der Waals surface area (Å²) in [5.74, 6) is -1.01. The third kappa shape index (κ3) is 3.57. The monoisotopic (exact) mass is 360 g/mol. The van der Waals surface area contributed by atoms with Gasteiger partial charge in [-0.25, -0.2) is 17.7 Å². The molecule has 0 saturated heterocycles. The lowest BCUT2D eigenvalue weighted by atomic mass is 10.3. The number of thiazole rings is 1. The first kappa shape index (κ1) is 16.7. The molecule has 0 spiro atoms. The topological polar surface area (TPSA) is 87.6 Å². The smallest absolute Gasteiger partial charge is 0.309 e. The fraction of sp³-hybridized carbons (Fsp3) is 0.231. The minimum Gasteiger partial charge on any atom is -0.481 e. The second-order valence-electron chi connectivity index (χ2n) is 4.32. The van der Waals surface area contributed by atoms with Crippen LogP contribution in [0.25, 0.3) is 0 Å². The van der Waals surface area contributed by atoms with Gasteiger partial charge in [-0.15, -0.1) is 11.3 Å². The molecule has 1 heterocycles. The standard InChI is InChI=1S/C13H13ClN2O4S2/c1-2-16(13-15-10(8-21-13)7-12(17)18)22(19,20)11-5-3-9(14)4-6-11/h3-6,8H,2,7H2,1H3,(H,17,18). The lowest BCUT2D eigenvalue weighted by Gasteiger charge is -2.19. The van der Waals surface area contributed by atoms with Crippen LogP contribution in [0.15, 0.2) is 34.5 Å². The minimum atomic E-state index is -3.76. The molecule has 0 atom stereocenters. The highest BCUT2D eigenvalue weighted by molar-refractivity contribution is 7.93. The van der Waals surface area contributed by atoms with Crippen molar-refractivity contribution in [1.29, 1.82) is 0 Å². The second-order valence-corrected chi connectivity index (χ2v) is 7.45. The molecule has 0 fully saturated rings. The zero-order valence-electron chi connectivity index (χ0n) is 11.6. The maximum atomic E-state index is 12.6. The Bertz CT molecular complexity index is 772. The van der Waals surface area contributed by atoms with Crippen LogP contribution in [0, 0.1) is 0 Å². The van der Waals surface area contributed by atoms with E-state index in [9.17, 15) is 13.2 Å². The SMILES string of the molecule is CCN(c1nc(CC(=O)O)cs1)S(=O)(=O)c1ccc(Cl)cc1. The Hall–Kier alpha value is -1.64. The van der Waals surface area contributed by atoms with Crippen LogP contribution in [0.5, 0.6) is 0 Å². The van der Waals surface area contributed by atoms with Gasteiger partial charge in [-0.05, 0) is 31.2 Å². The average Bonchev–Trinajstić information content (AvgIpc) is 2.87. The van der Waals surface area contributed by atoms with Crippen molar-refractivity contribution >= 4 is 44.1 Å². The van der Waals surface area contributed by atoms with Gasteiger partial charge in [0.05, 0.1) is 17.0 Å². The van der Waals surface area contributed by atoms with Crippen LogP contribution in [0.3, 0.4) is 0 Å². The van der Waals surface area contributed by atoms with E-state index in [1.165, 1.54) is 24.3 Å². The van der Waals surface area contributed by atoms with Gasteiger partial charge in [-0.2, -0.15) is 0 Å². The van der Waals surface area contributed by atoms with Crippen molar-refractivity contribution in [3.05, 3.63) is 40.4 Å². The molecule has 1 aromatic carbocycles. The summed E-state index contributed by atoms with van der Waals surface area (Å²) < 4.78 is 26.4. The molecule has 1 N–H and O–H groups in total. The minimum absolute atomic E-state index is 0.105. The van der Waals surface area contributed by atoms with Gasteiger partial charge in [-0.1, -0.05) is 11.6 Å². The van der Waals surface area contributed by atoms with Crippen molar-refractivity contribution in [3.63, 3.8) is 0 Å². The maximum absolute atomic E-state index is 12.6. The number of rotatable bonds is 6. The van der Waals surface area contributed by atoms with Crippen molar-refractivity contribution < 1.29 is 18.3 Å². The molecular formula is C13H13ClN2O4S2. The first-order valence-electron chi connectivity index (χ1n) is 6.29. The van der Waals surface area contributed by atoms with Gasteiger partial charge in [-0.3, -0.25) is 4.79 Å². The van der Waals surface area contributed by atoms with E-state index in [0.717, 1.165) is 15.6 Å². The summed E-state index contributed by atoms with van der Waals surface area (Å²) in [6.45, 7) is 1.87. The van der Waals surface area contributed by atoms with Gasteiger partial charge in [0.1, 0.15) is 0 Å². The predicted octanol–water partition coefficient (Wildman–Crippen LogP) is 2.64. The maximum Gasteiger partial charge on any atom is 0.309 e. The average molecular weight is 361 g/mol. The van der Waals surface area contributed by atoms with Crippen LogP contribution in [0.2, 0.25) is 5.02 Å². The number of nitrogens with zero attached hydrogens (tertiary/aromatic N) is 2. The molecule has 1 aromatic heterocycles. The summed E-state index contributed by atoms with van der Waals surface area (Å²) in [5.41, 5.74) is 0.331. The van der Waals surface area contributed by atoms with Crippen molar-refractivity contribution in [2.75, 3.05) is 10.8 Å². The van der Waals surface area contributed by atoms with E-state index in [1.807, 2.05) is 0 Å².